The molecule has 3 amide bonds. The van der Waals surface area contributed by atoms with Crippen LogP contribution in [0.1, 0.15) is 40.9 Å². The molecule has 2 N–H and O–H groups in total. The van der Waals surface area contributed by atoms with Crippen LogP contribution in [0.2, 0.25) is 5.02 Å². The number of nitrogens with one attached hydrogen (secondary N) is 2. The van der Waals surface area contributed by atoms with Crippen molar-refractivity contribution in [2.45, 2.75) is 31.5 Å². The van der Waals surface area contributed by atoms with Gasteiger partial charge < -0.3 is 15.4 Å². The number of hydrogen-bond donors (Lipinski definition) is 2. The summed E-state index contributed by atoms with van der Waals surface area (Å²) < 4.78 is 6.30. The van der Waals surface area contributed by atoms with Gasteiger partial charge in [-0.3, -0.25) is 9.69 Å². The fourth-order valence-corrected chi connectivity index (χ4v) is 4.77. The molecular weight excluding hydrogens is 438 g/mol. The van der Waals surface area contributed by atoms with Gasteiger partial charge in [-0.05, 0) is 55.3 Å². The first kappa shape index (κ1) is 21.3. The van der Waals surface area contributed by atoms with Gasteiger partial charge in [-0.15, -0.1) is 0 Å². The van der Waals surface area contributed by atoms with Crippen LogP contribution in [0.4, 0.5) is 10.5 Å². The van der Waals surface area contributed by atoms with Crippen LogP contribution in [0.25, 0.3) is 0 Å². The molecule has 3 aromatic carbocycles. The van der Waals surface area contributed by atoms with Crippen molar-refractivity contribution in [3.05, 3.63) is 94.5 Å². The second-order valence-electron chi connectivity index (χ2n) is 8.54. The molecular formula is C26H24ClN3O3. The number of fused-ring (bicyclic) bond motifs is 4. The van der Waals surface area contributed by atoms with Crippen LogP contribution < -0.4 is 20.3 Å². The van der Waals surface area contributed by atoms with E-state index in [9.17, 15) is 9.59 Å². The van der Waals surface area contributed by atoms with Gasteiger partial charge in [0.1, 0.15) is 5.75 Å². The van der Waals surface area contributed by atoms with E-state index in [1.807, 2.05) is 55.5 Å². The highest BCUT2D eigenvalue weighted by Crippen LogP contribution is 2.46. The Balaban J connectivity index is 1.35. The first-order valence-electron chi connectivity index (χ1n) is 10.9. The maximum atomic E-state index is 13.1. The van der Waals surface area contributed by atoms with Crippen molar-refractivity contribution >= 4 is 29.2 Å². The summed E-state index contributed by atoms with van der Waals surface area (Å²) in [7, 11) is 0. The van der Waals surface area contributed by atoms with E-state index >= 15 is 0 Å². The molecule has 2 bridgehead atoms. The molecule has 0 saturated carbocycles. The predicted molar refractivity (Wildman–Crippen MR) is 128 cm³/mol. The van der Waals surface area contributed by atoms with Gasteiger partial charge >= 0.3 is 6.03 Å². The second kappa shape index (κ2) is 8.45. The van der Waals surface area contributed by atoms with Gasteiger partial charge in [0, 0.05) is 29.1 Å². The summed E-state index contributed by atoms with van der Waals surface area (Å²) in [6.07, 6.45) is 1.30. The lowest BCUT2D eigenvalue weighted by molar-refractivity contribution is 0.0378. The van der Waals surface area contributed by atoms with Crippen LogP contribution in [-0.2, 0) is 6.42 Å². The Hall–Kier alpha value is -3.51. The van der Waals surface area contributed by atoms with Crippen molar-refractivity contribution in [2.75, 3.05) is 11.4 Å². The maximum Gasteiger partial charge on any atom is 0.325 e. The van der Waals surface area contributed by atoms with Gasteiger partial charge in [0.05, 0.1) is 11.7 Å². The van der Waals surface area contributed by atoms with E-state index in [0.29, 0.717) is 35.0 Å². The highest BCUT2D eigenvalue weighted by atomic mass is 35.5. The molecule has 7 heteroatoms. The smallest absolute Gasteiger partial charge is 0.325 e. The summed E-state index contributed by atoms with van der Waals surface area (Å²) in [6, 6.07) is 22.0. The lowest BCUT2D eigenvalue weighted by Crippen LogP contribution is -2.65. The van der Waals surface area contributed by atoms with E-state index in [4.69, 9.17) is 16.3 Å². The second-order valence-corrected chi connectivity index (χ2v) is 8.98. The quantitative estimate of drug-likeness (QED) is 0.556. The standard InChI is InChI=1S/C26H24ClN3O3/c1-26-16-22(21-15-19(27)10-11-23(21)33-26)29-25(32)30(26)20-9-5-8-18(14-20)24(31)28-13-12-17-6-3-2-4-7-17/h2-11,14-15,22H,12-13,16H2,1H3,(H,28,31)(H,29,32). The highest BCUT2D eigenvalue weighted by Gasteiger charge is 2.49. The average Bonchev–Trinajstić information content (AvgIpc) is 2.80. The van der Waals surface area contributed by atoms with Crippen LogP contribution >= 0.6 is 11.6 Å². The van der Waals surface area contributed by atoms with Crippen LogP contribution in [0.5, 0.6) is 5.75 Å². The van der Waals surface area contributed by atoms with Crippen LogP contribution in [0.15, 0.2) is 72.8 Å². The van der Waals surface area contributed by atoms with Crippen molar-refractivity contribution in [3.8, 4) is 5.75 Å². The van der Waals surface area contributed by atoms with Crippen molar-refractivity contribution < 1.29 is 14.3 Å². The molecule has 5 rings (SSSR count). The number of ether oxygens (including phenoxy) is 1. The number of nitrogens with zero attached hydrogens (tertiary/aromatic N) is 1. The largest absolute Gasteiger partial charge is 0.467 e. The molecule has 2 aliphatic heterocycles. The minimum atomic E-state index is -0.893. The Labute approximate surface area is 197 Å². The van der Waals surface area contributed by atoms with E-state index < -0.39 is 5.72 Å². The number of urea groups is 1. The van der Waals surface area contributed by atoms with Crippen LogP contribution in [0.3, 0.4) is 0 Å². The molecule has 1 saturated heterocycles. The molecule has 1 fully saturated rings. The Morgan fingerprint density at radius 1 is 1.15 bits per heavy atom. The molecule has 33 heavy (non-hydrogen) atoms. The lowest BCUT2D eigenvalue weighted by Gasteiger charge is -2.50. The van der Waals surface area contributed by atoms with Gasteiger partial charge in [-0.1, -0.05) is 48.0 Å². The number of halogens is 1. The van der Waals surface area contributed by atoms with E-state index in [2.05, 4.69) is 10.6 Å². The lowest BCUT2D eigenvalue weighted by atomic mass is 9.90. The molecule has 2 unspecified atom stereocenters. The van der Waals surface area contributed by atoms with E-state index in [1.54, 1.807) is 29.2 Å². The highest BCUT2D eigenvalue weighted by molar-refractivity contribution is 6.30. The first-order chi connectivity index (χ1) is 15.9. The Morgan fingerprint density at radius 2 is 1.97 bits per heavy atom. The molecule has 0 spiro atoms. The van der Waals surface area contributed by atoms with Crippen LogP contribution in [0, 0.1) is 0 Å². The summed E-state index contributed by atoms with van der Waals surface area (Å²) >= 11 is 6.15. The molecule has 0 aliphatic carbocycles. The van der Waals surface area contributed by atoms with Crippen molar-refractivity contribution in [3.63, 3.8) is 0 Å². The number of carbonyl (C=O) groups is 2. The third-order valence-corrected chi connectivity index (χ3v) is 6.38. The summed E-state index contributed by atoms with van der Waals surface area (Å²) in [4.78, 5) is 27.5. The van der Waals surface area contributed by atoms with Gasteiger partial charge in [0.25, 0.3) is 5.91 Å². The molecule has 168 valence electrons. The number of anilines is 1. The molecule has 2 atom stereocenters. The zero-order valence-electron chi connectivity index (χ0n) is 18.2. The molecule has 2 aliphatic rings. The monoisotopic (exact) mass is 461 g/mol. The predicted octanol–water partition coefficient (Wildman–Crippen LogP) is 5.08. The molecule has 6 nitrogen and oxygen atoms in total. The van der Waals surface area contributed by atoms with E-state index in [0.717, 1.165) is 17.5 Å². The maximum absolute atomic E-state index is 13.1. The molecule has 3 aromatic rings. The summed E-state index contributed by atoms with van der Waals surface area (Å²) in [5.41, 5.74) is 2.23. The van der Waals surface area contributed by atoms with Crippen molar-refractivity contribution in [2.24, 2.45) is 0 Å². The normalized spacial score (nSPS) is 21.0. The minimum absolute atomic E-state index is 0.183. The van der Waals surface area contributed by atoms with Gasteiger partial charge in [-0.25, -0.2) is 4.79 Å². The first-order valence-corrected chi connectivity index (χ1v) is 11.3. The van der Waals surface area contributed by atoms with Gasteiger partial charge in [-0.2, -0.15) is 0 Å². The Morgan fingerprint density at radius 3 is 2.79 bits per heavy atom. The number of carbonyl (C=O) groups excluding carboxylic acids is 2. The average molecular weight is 462 g/mol. The molecule has 0 radical (unpaired) electrons. The van der Waals surface area contributed by atoms with E-state index in [1.165, 1.54) is 0 Å². The van der Waals surface area contributed by atoms with E-state index in [-0.39, 0.29) is 18.0 Å². The summed E-state index contributed by atoms with van der Waals surface area (Å²) in [5.74, 6) is 0.510. The topological polar surface area (TPSA) is 70.7 Å². The summed E-state index contributed by atoms with van der Waals surface area (Å²) in [6.45, 7) is 2.42. The number of amides is 3. The Bertz CT molecular complexity index is 1220. The van der Waals surface area contributed by atoms with Crippen molar-refractivity contribution in [1.29, 1.82) is 0 Å². The summed E-state index contributed by atoms with van der Waals surface area (Å²) in [5, 5.41) is 6.61. The third kappa shape index (κ3) is 4.14. The van der Waals surface area contributed by atoms with Gasteiger partial charge in [0.2, 0.25) is 0 Å². The number of rotatable bonds is 5. The fraction of sp³-hybridized carbons (Fsp3) is 0.231. The molecule has 2 heterocycles. The van der Waals surface area contributed by atoms with Crippen LogP contribution in [-0.4, -0.2) is 24.2 Å². The minimum Gasteiger partial charge on any atom is -0.467 e. The third-order valence-electron chi connectivity index (χ3n) is 6.14. The Kier molecular flexibility index (Phi) is 5.46. The van der Waals surface area contributed by atoms with Crippen molar-refractivity contribution in [1.82, 2.24) is 10.6 Å². The zero-order chi connectivity index (χ0) is 23.0. The fourth-order valence-electron chi connectivity index (χ4n) is 4.59. The zero-order valence-corrected chi connectivity index (χ0v) is 18.9. The number of hydrogen-bond acceptors (Lipinski definition) is 3. The number of benzene rings is 3. The SMILES string of the molecule is CC12CC(NC(=O)N1c1cccc(C(=O)NCCc3ccccc3)c1)c1cc(Cl)ccc1O2. The van der Waals surface area contributed by atoms with Gasteiger partial charge in [0.15, 0.2) is 5.72 Å². The molecule has 0 aromatic heterocycles.